The molecular weight excluding hydrogens is 290 g/mol. The van der Waals surface area contributed by atoms with Gasteiger partial charge in [0.05, 0.1) is 5.69 Å². The standard InChI is InChI=1S/C18H21N3O2/c1-13(2)12-20-17(22)11-18(23)21(19-3)16-10-6-8-14-7-4-5-9-15(14)16/h4-10,13H,3,11-12H2,1-2H3,(H,20,22). The molecule has 120 valence electrons. The van der Waals surface area contributed by atoms with Gasteiger partial charge in [-0.3, -0.25) is 9.59 Å². The summed E-state index contributed by atoms with van der Waals surface area (Å²) in [7, 11) is 0. The van der Waals surface area contributed by atoms with Crippen molar-refractivity contribution in [1.82, 2.24) is 5.32 Å². The summed E-state index contributed by atoms with van der Waals surface area (Å²) in [4.78, 5) is 24.3. The Morgan fingerprint density at radius 2 is 1.87 bits per heavy atom. The number of carbonyl (C=O) groups excluding carboxylic acids is 2. The molecule has 5 nitrogen and oxygen atoms in total. The van der Waals surface area contributed by atoms with Crippen molar-refractivity contribution < 1.29 is 9.59 Å². The zero-order valence-corrected chi connectivity index (χ0v) is 13.5. The summed E-state index contributed by atoms with van der Waals surface area (Å²) >= 11 is 0. The summed E-state index contributed by atoms with van der Waals surface area (Å²) in [5.41, 5.74) is 0.625. The minimum atomic E-state index is -0.405. The third-order valence-corrected chi connectivity index (χ3v) is 3.39. The Bertz CT molecular complexity index is 720. The number of hydrazone groups is 1. The van der Waals surface area contributed by atoms with Crippen LogP contribution in [0.15, 0.2) is 47.6 Å². The first-order valence-corrected chi connectivity index (χ1v) is 7.57. The van der Waals surface area contributed by atoms with Gasteiger partial charge >= 0.3 is 0 Å². The molecule has 0 saturated carbocycles. The molecule has 0 aliphatic carbocycles. The van der Waals surface area contributed by atoms with Crippen molar-refractivity contribution in [2.24, 2.45) is 11.0 Å². The van der Waals surface area contributed by atoms with E-state index in [9.17, 15) is 9.59 Å². The van der Waals surface area contributed by atoms with Crippen molar-refractivity contribution in [1.29, 1.82) is 0 Å². The molecule has 23 heavy (non-hydrogen) atoms. The van der Waals surface area contributed by atoms with Crippen LogP contribution in [0.3, 0.4) is 0 Å². The highest BCUT2D eigenvalue weighted by Crippen LogP contribution is 2.27. The average Bonchev–Trinajstić information content (AvgIpc) is 2.54. The van der Waals surface area contributed by atoms with Crippen molar-refractivity contribution >= 4 is 35.0 Å². The number of fused-ring (bicyclic) bond motifs is 1. The van der Waals surface area contributed by atoms with E-state index in [4.69, 9.17) is 0 Å². The van der Waals surface area contributed by atoms with Crippen LogP contribution in [0.2, 0.25) is 0 Å². The molecule has 2 aromatic carbocycles. The number of benzene rings is 2. The predicted molar refractivity (Wildman–Crippen MR) is 93.4 cm³/mol. The summed E-state index contributed by atoms with van der Waals surface area (Å²) in [6, 6.07) is 13.3. The minimum absolute atomic E-state index is 0.255. The fraction of sp³-hybridized carbons (Fsp3) is 0.278. The van der Waals surface area contributed by atoms with Crippen LogP contribution in [-0.2, 0) is 9.59 Å². The second-order valence-electron chi connectivity index (χ2n) is 5.72. The van der Waals surface area contributed by atoms with E-state index >= 15 is 0 Å². The van der Waals surface area contributed by atoms with Gasteiger partial charge < -0.3 is 5.32 Å². The fourth-order valence-electron chi connectivity index (χ4n) is 2.28. The molecule has 0 atom stereocenters. The molecular formula is C18H21N3O2. The summed E-state index contributed by atoms with van der Waals surface area (Å²) in [5.74, 6) is -0.379. The Hall–Kier alpha value is -2.69. The van der Waals surface area contributed by atoms with Gasteiger partial charge in [0.15, 0.2) is 0 Å². The van der Waals surface area contributed by atoms with Gasteiger partial charge in [0.25, 0.3) is 5.91 Å². The SMILES string of the molecule is C=NN(C(=O)CC(=O)NCC(C)C)c1cccc2ccccc12. The molecule has 0 spiro atoms. The molecule has 0 aromatic heterocycles. The number of carbonyl (C=O) groups is 2. The van der Waals surface area contributed by atoms with E-state index in [1.807, 2.05) is 50.2 Å². The van der Waals surface area contributed by atoms with Crippen molar-refractivity contribution in [3.05, 3.63) is 42.5 Å². The van der Waals surface area contributed by atoms with E-state index in [0.717, 1.165) is 10.8 Å². The Kier molecular flexibility index (Phi) is 5.46. The Morgan fingerprint density at radius 3 is 2.57 bits per heavy atom. The molecule has 2 amide bonds. The van der Waals surface area contributed by atoms with Crippen LogP contribution < -0.4 is 10.3 Å². The van der Waals surface area contributed by atoms with Crippen molar-refractivity contribution in [2.45, 2.75) is 20.3 Å². The highest BCUT2D eigenvalue weighted by molar-refractivity contribution is 6.09. The smallest absolute Gasteiger partial charge is 0.256 e. The van der Waals surface area contributed by atoms with E-state index in [1.165, 1.54) is 5.01 Å². The number of amides is 2. The lowest BCUT2D eigenvalue weighted by molar-refractivity contribution is -0.128. The third-order valence-electron chi connectivity index (χ3n) is 3.39. The van der Waals surface area contributed by atoms with Gasteiger partial charge in [-0.1, -0.05) is 50.2 Å². The molecule has 0 aliphatic rings. The molecule has 0 aliphatic heterocycles. The minimum Gasteiger partial charge on any atom is -0.355 e. The van der Waals surface area contributed by atoms with E-state index in [1.54, 1.807) is 6.07 Å². The maximum atomic E-state index is 12.4. The molecule has 5 heteroatoms. The lowest BCUT2D eigenvalue weighted by Crippen LogP contribution is -2.34. The zero-order chi connectivity index (χ0) is 16.8. The topological polar surface area (TPSA) is 61.8 Å². The van der Waals surface area contributed by atoms with Crippen molar-refractivity contribution in [2.75, 3.05) is 11.6 Å². The molecule has 0 saturated heterocycles. The summed E-state index contributed by atoms with van der Waals surface area (Å²) in [6.45, 7) is 8.01. The second-order valence-corrected chi connectivity index (χ2v) is 5.72. The largest absolute Gasteiger partial charge is 0.355 e. The molecule has 0 unspecified atom stereocenters. The normalized spacial score (nSPS) is 10.6. The van der Waals surface area contributed by atoms with Crippen LogP contribution >= 0.6 is 0 Å². The van der Waals surface area contributed by atoms with Gasteiger partial charge in [0, 0.05) is 18.6 Å². The van der Waals surface area contributed by atoms with E-state index in [2.05, 4.69) is 17.1 Å². The Labute approximate surface area is 136 Å². The quantitative estimate of drug-likeness (QED) is 0.506. The van der Waals surface area contributed by atoms with Crippen LogP contribution in [0, 0.1) is 5.92 Å². The lowest BCUT2D eigenvalue weighted by Gasteiger charge is -2.18. The molecule has 2 rings (SSSR count). The molecule has 0 radical (unpaired) electrons. The third kappa shape index (κ3) is 4.16. The molecule has 0 heterocycles. The van der Waals surface area contributed by atoms with Gasteiger partial charge in [-0.15, -0.1) is 0 Å². The lowest BCUT2D eigenvalue weighted by atomic mass is 10.1. The van der Waals surface area contributed by atoms with E-state index < -0.39 is 5.91 Å². The van der Waals surface area contributed by atoms with Crippen LogP contribution in [0.1, 0.15) is 20.3 Å². The van der Waals surface area contributed by atoms with E-state index in [0.29, 0.717) is 18.2 Å². The van der Waals surface area contributed by atoms with Crippen LogP contribution in [0.25, 0.3) is 10.8 Å². The first-order chi connectivity index (χ1) is 11.0. The van der Waals surface area contributed by atoms with Crippen molar-refractivity contribution in [3.8, 4) is 0 Å². The van der Waals surface area contributed by atoms with E-state index in [-0.39, 0.29) is 12.3 Å². The summed E-state index contributed by atoms with van der Waals surface area (Å²) < 4.78 is 0. The van der Waals surface area contributed by atoms with Gasteiger partial charge in [-0.2, -0.15) is 5.10 Å². The summed E-state index contributed by atoms with van der Waals surface area (Å²) in [5, 5.41) is 9.62. The molecule has 0 bridgehead atoms. The molecule has 2 aromatic rings. The highest BCUT2D eigenvalue weighted by atomic mass is 16.2. The predicted octanol–water partition coefficient (Wildman–Crippen LogP) is 2.95. The Balaban J connectivity index is 2.20. The monoisotopic (exact) mass is 311 g/mol. The van der Waals surface area contributed by atoms with Crippen LogP contribution in [0.5, 0.6) is 0 Å². The first-order valence-electron chi connectivity index (χ1n) is 7.57. The van der Waals surface area contributed by atoms with Crippen molar-refractivity contribution in [3.63, 3.8) is 0 Å². The maximum absolute atomic E-state index is 12.4. The average molecular weight is 311 g/mol. The number of hydrogen-bond acceptors (Lipinski definition) is 3. The number of nitrogens with one attached hydrogen (secondary N) is 1. The summed E-state index contributed by atoms with van der Waals surface area (Å²) in [6.07, 6.45) is -0.255. The number of anilines is 1. The zero-order valence-electron chi connectivity index (χ0n) is 13.5. The van der Waals surface area contributed by atoms with Gasteiger partial charge in [-0.05, 0) is 17.4 Å². The van der Waals surface area contributed by atoms with Gasteiger partial charge in [0.1, 0.15) is 6.42 Å². The Morgan fingerprint density at radius 1 is 1.17 bits per heavy atom. The van der Waals surface area contributed by atoms with Crippen LogP contribution in [0.4, 0.5) is 5.69 Å². The van der Waals surface area contributed by atoms with Gasteiger partial charge in [-0.25, -0.2) is 5.01 Å². The highest BCUT2D eigenvalue weighted by Gasteiger charge is 2.19. The second kappa shape index (κ2) is 7.54. The van der Waals surface area contributed by atoms with Crippen LogP contribution in [-0.4, -0.2) is 25.1 Å². The van der Waals surface area contributed by atoms with Gasteiger partial charge in [0.2, 0.25) is 5.91 Å². The number of rotatable bonds is 6. The maximum Gasteiger partial charge on any atom is 0.256 e. The number of nitrogens with zero attached hydrogens (tertiary/aromatic N) is 2. The fourth-order valence-corrected chi connectivity index (χ4v) is 2.28. The number of hydrogen-bond donors (Lipinski definition) is 1. The molecule has 1 N–H and O–H groups in total. The molecule has 0 fully saturated rings. The first kappa shape index (κ1) is 16.7.